The number of hydrogen-bond acceptors (Lipinski definition) is 6. The van der Waals surface area contributed by atoms with Gasteiger partial charge in [0.05, 0.1) is 30.6 Å². The highest BCUT2D eigenvalue weighted by atomic mass is 16.5. The van der Waals surface area contributed by atoms with Crippen LogP contribution in [0.3, 0.4) is 0 Å². The predicted octanol–water partition coefficient (Wildman–Crippen LogP) is 4.05. The largest absolute Gasteiger partial charge is 0.507 e. The van der Waals surface area contributed by atoms with Crippen LogP contribution in [-0.2, 0) is 9.47 Å². The van der Waals surface area contributed by atoms with Crippen LogP contribution in [0.4, 0.5) is 5.69 Å². The SMILES string of the molecule is COC(=O)c1ccc2c(c1)N(CCOC(C)(C)C)C(=O)c1c(O)cc(C)cc1O2. The zero-order valence-electron chi connectivity index (χ0n) is 17.2. The van der Waals surface area contributed by atoms with Crippen molar-refractivity contribution in [2.24, 2.45) is 0 Å². The third-order valence-corrected chi connectivity index (χ3v) is 4.43. The number of fused-ring (bicyclic) bond motifs is 2. The third-order valence-electron chi connectivity index (χ3n) is 4.43. The Balaban J connectivity index is 2.10. The van der Waals surface area contributed by atoms with Crippen molar-refractivity contribution in [3.8, 4) is 17.2 Å². The van der Waals surface area contributed by atoms with Crippen LogP contribution in [-0.4, -0.2) is 42.8 Å². The first-order chi connectivity index (χ1) is 13.6. The van der Waals surface area contributed by atoms with Gasteiger partial charge >= 0.3 is 5.97 Å². The number of esters is 1. The fraction of sp³-hybridized carbons (Fsp3) is 0.364. The van der Waals surface area contributed by atoms with Crippen LogP contribution in [0.25, 0.3) is 0 Å². The Morgan fingerprint density at radius 2 is 1.90 bits per heavy atom. The summed E-state index contributed by atoms with van der Waals surface area (Å²) < 4.78 is 16.5. The molecule has 0 radical (unpaired) electrons. The van der Waals surface area contributed by atoms with Gasteiger partial charge in [-0.3, -0.25) is 4.79 Å². The van der Waals surface area contributed by atoms with E-state index in [1.807, 2.05) is 20.8 Å². The number of carbonyl (C=O) groups is 2. The first-order valence-corrected chi connectivity index (χ1v) is 9.30. The number of nitrogens with zero attached hydrogens (tertiary/aromatic N) is 1. The lowest BCUT2D eigenvalue weighted by Crippen LogP contribution is -2.35. The van der Waals surface area contributed by atoms with E-state index < -0.39 is 11.9 Å². The standard InChI is InChI=1S/C22H25NO6/c1-13-10-16(24)19-18(11-13)29-17-7-6-14(21(26)27-5)12-15(17)23(20(19)25)8-9-28-22(2,3)4/h6-7,10-12,24H,8-9H2,1-5H3. The molecule has 1 heterocycles. The van der Waals surface area contributed by atoms with Gasteiger partial charge < -0.3 is 24.2 Å². The summed E-state index contributed by atoms with van der Waals surface area (Å²) in [5, 5.41) is 10.4. The van der Waals surface area contributed by atoms with E-state index in [9.17, 15) is 14.7 Å². The summed E-state index contributed by atoms with van der Waals surface area (Å²) in [6.07, 6.45) is 0. The van der Waals surface area contributed by atoms with Crippen molar-refractivity contribution < 1.29 is 28.9 Å². The summed E-state index contributed by atoms with van der Waals surface area (Å²) >= 11 is 0. The molecule has 2 aromatic rings. The van der Waals surface area contributed by atoms with E-state index in [0.717, 1.165) is 5.56 Å². The molecule has 0 unspecified atom stereocenters. The van der Waals surface area contributed by atoms with Crippen molar-refractivity contribution in [2.45, 2.75) is 33.3 Å². The number of carbonyl (C=O) groups excluding carboxylic acids is 2. The quantitative estimate of drug-likeness (QED) is 0.781. The molecule has 0 bridgehead atoms. The minimum atomic E-state index is -0.522. The van der Waals surface area contributed by atoms with E-state index >= 15 is 0 Å². The van der Waals surface area contributed by atoms with Crippen LogP contribution in [0.2, 0.25) is 0 Å². The number of phenolic OH excluding ortho intramolecular Hbond substituents is 1. The van der Waals surface area contributed by atoms with Crippen molar-refractivity contribution in [1.82, 2.24) is 0 Å². The van der Waals surface area contributed by atoms with E-state index in [1.165, 1.54) is 18.1 Å². The Kier molecular flexibility index (Phi) is 5.53. The van der Waals surface area contributed by atoms with Crippen LogP contribution >= 0.6 is 0 Å². The molecule has 1 aliphatic rings. The summed E-state index contributed by atoms with van der Waals surface area (Å²) in [6, 6.07) is 7.94. The molecular weight excluding hydrogens is 374 g/mol. The second kappa shape index (κ2) is 7.75. The number of methoxy groups -OCH3 is 1. The topological polar surface area (TPSA) is 85.3 Å². The summed E-state index contributed by atoms with van der Waals surface area (Å²) in [5.74, 6) is -0.459. The Hall–Kier alpha value is -3.06. The molecule has 0 fully saturated rings. The maximum Gasteiger partial charge on any atom is 0.337 e. The minimum Gasteiger partial charge on any atom is -0.507 e. The molecule has 1 amide bonds. The number of benzene rings is 2. The van der Waals surface area contributed by atoms with Crippen LogP contribution in [0.1, 0.15) is 47.1 Å². The number of hydrogen-bond donors (Lipinski definition) is 1. The van der Waals surface area contributed by atoms with Crippen molar-refractivity contribution >= 4 is 17.6 Å². The lowest BCUT2D eigenvalue weighted by molar-refractivity contribution is 0.00136. The highest BCUT2D eigenvalue weighted by Crippen LogP contribution is 2.42. The Morgan fingerprint density at radius 1 is 1.17 bits per heavy atom. The first-order valence-electron chi connectivity index (χ1n) is 9.30. The van der Waals surface area contributed by atoms with Gasteiger partial charge in [0.15, 0.2) is 5.75 Å². The zero-order valence-corrected chi connectivity index (χ0v) is 17.2. The van der Waals surface area contributed by atoms with Crippen molar-refractivity contribution in [1.29, 1.82) is 0 Å². The number of ether oxygens (including phenoxy) is 3. The second-order valence-corrected chi connectivity index (χ2v) is 7.85. The van der Waals surface area contributed by atoms with Gasteiger partial charge in [-0.2, -0.15) is 0 Å². The highest BCUT2D eigenvalue weighted by Gasteiger charge is 2.32. The first kappa shape index (κ1) is 20.7. The van der Waals surface area contributed by atoms with Crippen LogP contribution in [0.15, 0.2) is 30.3 Å². The van der Waals surface area contributed by atoms with E-state index in [0.29, 0.717) is 11.4 Å². The number of aryl methyl sites for hydroxylation is 1. The zero-order chi connectivity index (χ0) is 21.3. The molecule has 2 aromatic carbocycles. The van der Waals surface area contributed by atoms with Crippen molar-refractivity contribution in [3.63, 3.8) is 0 Å². The van der Waals surface area contributed by atoms with E-state index in [-0.39, 0.29) is 41.4 Å². The number of rotatable bonds is 4. The number of anilines is 1. The third kappa shape index (κ3) is 4.35. The summed E-state index contributed by atoms with van der Waals surface area (Å²) in [7, 11) is 1.29. The molecule has 0 atom stereocenters. The normalized spacial score (nSPS) is 13.3. The summed E-state index contributed by atoms with van der Waals surface area (Å²) in [4.78, 5) is 26.8. The number of amides is 1. The van der Waals surface area contributed by atoms with Gasteiger partial charge in [-0.1, -0.05) is 0 Å². The molecule has 7 heteroatoms. The van der Waals surface area contributed by atoms with Gasteiger partial charge in [-0.25, -0.2) is 4.79 Å². The van der Waals surface area contributed by atoms with E-state index in [2.05, 4.69) is 0 Å². The maximum absolute atomic E-state index is 13.4. The molecule has 3 rings (SSSR count). The fourth-order valence-corrected chi connectivity index (χ4v) is 3.12. The molecule has 1 N–H and O–H groups in total. The van der Waals surface area contributed by atoms with Gasteiger partial charge in [-0.05, 0) is 63.6 Å². The van der Waals surface area contributed by atoms with Gasteiger partial charge in [0.2, 0.25) is 0 Å². The molecule has 0 saturated carbocycles. The minimum absolute atomic E-state index is 0.0715. The van der Waals surface area contributed by atoms with E-state index in [1.54, 1.807) is 31.2 Å². The lowest BCUT2D eigenvalue weighted by Gasteiger charge is -2.25. The van der Waals surface area contributed by atoms with Crippen LogP contribution in [0.5, 0.6) is 17.2 Å². The molecule has 7 nitrogen and oxygen atoms in total. The van der Waals surface area contributed by atoms with Crippen molar-refractivity contribution in [2.75, 3.05) is 25.2 Å². The molecule has 0 spiro atoms. The molecule has 1 aliphatic heterocycles. The van der Waals surface area contributed by atoms with Gasteiger partial charge in [0, 0.05) is 6.54 Å². The predicted molar refractivity (Wildman–Crippen MR) is 108 cm³/mol. The monoisotopic (exact) mass is 399 g/mol. The molecular formula is C22H25NO6. The van der Waals surface area contributed by atoms with Crippen LogP contribution < -0.4 is 9.64 Å². The van der Waals surface area contributed by atoms with Gasteiger partial charge in [0.25, 0.3) is 5.91 Å². The summed E-state index contributed by atoms with van der Waals surface area (Å²) in [6.45, 7) is 8.05. The Morgan fingerprint density at radius 3 is 2.55 bits per heavy atom. The average molecular weight is 399 g/mol. The molecule has 154 valence electrons. The lowest BCUT2D eigenvalue weighted by atomic mass is 10.1. The fourth-order valence-electron chi connectivity index (χ4n) is 3.12. The number of aromatic hydroxyl groups is 1. The Bertz CT molecular complexity index is 961. The van der Waals surface area contributed by atoms with Crippen LogP contribution in [0, 0.1) is 6.92 Å². The second-order valence-electron chi connectivity index (χ2n) is 7.85. The smallest absolute Gasteiger partial charge is 0.337 e. The molecule has 0 aromatic heterocycles. The molecule has 29 heavy (non-hydrogen) atoms. The van der Waals surface area contributed by atoms with Crippen molar-refractivity contribution in [3.05, 3.63) is 47.0 Å². The van der Waals surface area contributed by atoms with Gasteiger partial charge in [0.1, 0.15) is 17.1 Å². The number of phenols is 1. The Labute approximate surface area is 169 Å². The highest BCUT2D eigenvalue weighted by molar-refractivity contribution is 6.12. The molecule has 0 aliphatic carbocycles. The average Bonchev–Trinajstić information content (AvgIpc) is 2.74. The van der Waals surface area contributed by atoms with E-state index in [4.69, 9.17) is 14.2 Å². The summed E-state index contributed by atoms with van der Waals surface area (Å²) in [5.41, 5.74) is 1.15. The van der Waals surface area contributed by atoms with Gasteiger partial charge in [-0.15, -0.1) is 0 Å². The maximum atomic E-state index is 13.4. The molecule has 0 saturated heterocycles.